The van der Waals surface area contributed by atoms with Gasteiger partial charge in [-0.3, -0.25) is 4.79 Å². The maximum absolute atomic E-state index is 13.6. The highest BCUT2D eigenvalue weighted by Gasteiger charge is 2.29. The number of nitrogens with zero attached hydrogens (tertiary/aromatic N) is 2. The maximum atomic E-state index is 13.6. The molecule has 23 heavy (non-hydrogen) atoms. The van der Waals surface area contributed by atoms with Gasteiger partial charge in [0.2, 0.25) is 0 Å². The Balaban J connectivity index is 1.89. The Kier molecular flexibility index (Phi) is 3.77. The summed E-state index contributed by atoms with van der Waals surface area (Å²) in [4.78, 5) is 14.0. The summed E-state index contributed by atoms with van der Waals surface area (Å²) in [5, 5.41) is 2.56. The molecule has 2 aliphatic rings. The number of amidine groups is 1. The Labute approximate surface area is 133 Å². The molecular weight excluding hydrogens is 321 g/mol. The van der Waals surface area contributed by atoms with Crippen molar-refractivity contribution in [3.05, 3.63) is 53.5 Å². The highest BCUT2D eigenvalue weighted by molar-refractivity contribution is 7.90. The zero-order chi connectivity index (χ0) is 16.6. The third kappa shape index (κ3) is 3.16. The van der Waals surface area contributed by atoms with Gasteiger partial charge >= 0.3 is 0 Å². The van der Waals surface area contributed by atoms with Crippen molar-refractivity contribution in [2.45, 2.75) is 6.92 Å². The number of anilines is 1. The van der Waals surface area contributed by atoms with Crippen LogP contribution in [-0.2, 0) is 14.8 Å². The van der Waals surface area contributed by atoms with Gasteiger partial charge in [-0.05, 0) is 36.8 Å². The number of allylic oxidation sites excluding steroid dienone is 2. The lowest BCUT2D eigenvalue weighted by Crippen LogP contribution is -2.40. The first-order chi connectivity index (χ1) is 10.9. The van der Waals surface area contributed by atoms with Crippen LogP contribution in [0.15, 0.2) is 46.5 Å². The average Bonchev–Trinajstić information content (AvgIpc) is 2.49. The molecule has 3 rings (SSSR count). The predicted molar refractivity (Wildman–Crippen MR) is 84.9 cm³/mol. The van der Waals surface area contributed by atoms with Crippen LogP contribution in [0.2, 0.25) is 0 Å². The van der Waals surface area contributed by atoms with E-state index in [1.807, 2.05) is 0 Å². The summed E-state index contributed by atoms with van der Waals surface area (Å²) < 4.78 is 40.6. The molecule has 0 unspecified atom stereocenters. The Hall–Kier alpha value is -2.48. The standard InChI is InChI=1S/C15H14FN3O3S/c1-10-4-5-11(9-13(10)16)17-15(20)12-3-2-6-19-7-8-23(21,22)18-14(12)19/h2-6,9H,7-8H2,1H3,(H,17,20). The van der Waals surface area contributed by atoms with E-state index in [0.29, 0.717) is 11.3 Å². The van der Waals surface area contributed by atoms with Crippen molar-refractivity contribution in [1.29, 1.82) is 0 Å². The van der Waals surface area contributed by atoms with Crippen molar-refractivity contribution < 1.29 is 17.6 Å². The van der Waals surface area contributed by atoms with Crippen LogP contribution in [0.3, 0.4) is 0 Å². The Bertz CT molecular complexity index is 872. The third-order valence-corrected chi connectivity index (χ3v) is 4.68. The van der Waals surface area contributed by atoms with Gasteiger partial charge in [0.05, 0.1) is 11.3 Å². The summed E-state index contributed by atoms with van der Waals surface area (Å²) >= 11 is 0. The number of hydrogen-bond donors (Lipinski definition) is 1. The highest BCUT2D eigenvalue weighted by Crippen LogP contribution is 2.20. The summed E-state index contributed by atoms with van der Waals surface area (Å²) in [5.74, 6) is -0.986. The van der Waals surface area contributed by atoms with Gasteiger partial charge < -0.3 is 10.2 Å². The lowest BCUT2D eigenvalue weighted by atomic mass is 10.1. The fraction of sp³-hybridized carbons (Fsp3) is 0.200. The quantitative estimate of drug-likeness (QED) is 0.890. The number of hydrogen-bond acceptors (Lipinski definition) is 4. The Morgan fingerprint density at radius 3 is 2.91 bits per heavy atom. The fourth-order valence-corrected chi connectivity index (χ4v) is 3.25. The Morgan fingerprint density at radius 2 is 2.17 bits per heavy atom. The number of carbonyl (C=O) groups excluding carboxylic acids is 1. The summed E-state index contributed by atoms with van der Waals surface area (Å²) in [5.41, 5.74) is 0.882. The van der Waals surface area contributed by atoms with Crippen LogP contribution >= 0.6 is 0 Å². The number of fused-ring (bicyclic) bond motifs is 1. The second kappa shape index (κ2) is 5.62. The van der Waals surface area contributed by atoms with E-state index in [2.05, 4.69) is 9.71 Å². The lowest BCUT2D eigenvalue weighted by Gasteiger charge is -2.28. The number of amides is 1. The zero-order valence-corrected chi connectivity index (χ0v) is 13.1. The van der Waals surface area contributed by atoms with E-state index >= 15 is 0 Å². The average molecular weight is 335 g/mol. The van der Waals surface area contributed by atoms with E-state index in [9.17, 15) is 17.6 Å². The van der Waals surface area contributed by atoms with Gasteiger partial charge in [-0.15, -0.1) is 4.40 Å². The van der Waals surface area contributed by atoms with Crippen LogP contribution in [0, 0.1) is 12.7 Å². The summed E-state index contributed by atoms with van der Waals surface area (Å²) in [7, 11) is -3.57. The van der Waals surface area contributed by atoms with E-state index in [4.69, 9.17) is 0 Å². The van der Waals surface area contributed by atoms with Gasteiger partial charge in [-0.1, -0.05) is 6.07 Å². The first kappa shape index (κ1) is 15.4. The minimum atomic E-state index is -3.57. The van der Waals surface area contributed by atoms with E-state index in [-0.39, 0.29) is 23.7 Å². The van der Waals surface area contributed by atoms with Crippen LogP contribution in [0.5, 0.6) is 0 Å². The van der Waals surface area contributed by atoms with Crippen molar-refractivity contribution in [3.8, 4) is 0 Å². The smallest absolute Gasteiger partial charge is 0.259 e. The zero-order valence-electron chi connectivity index (χ0n) is 12.3. The molecule has 0 spiro atoms. The first-order valence-corrected chi connectivity index (χ1v) is 8.52. The number of carbonyl (C=O) groups is 1. The molecule has 1 amide bonds. The van der Waals surface area contributed by atoms with Gasteiger partial charge in [-0.25, -0.2) is 12.8 Å². The predicted octanol–water partition coefficient (Wildman–Crippen LogP) is 1.57. The van der Waals surface area contributed by atoms with Crippen LogP contribution in [0.1, 0.15) is 5.56 Å². The molecule has 1 N–H and O–H groups in total. The number of rotatable bonds is 2. The summed E-state index contributed by atoms with van der Waals surface area (Å²) in [6, 6.07) is 4.34. The molecule has 1 aromatic rings. The monoisotopic (exact) mass is 335 g/mol. The topological polar surface area (TPSA) is 78.8 Å². The van der Waals surface area contributed by atoms with Gasteiger partial charge in [0.15, 0.2) is 5.84 Å². The molecule has 1 aromatic carbocycles. The van der Waals surface area contributed by atoms with E-state index < -0.39 is 21.7 Å². The molecule has 120 valence electrons. The lowest BCUT2D eigenvalue weighted by molar-refractivity contribution is -0.112. The number of nitrogens with one attached hydrogen (secondary N) is 1. The van der Waals surface area contributed by atoms with Crippen LogP contribution < -0.4 is 5.32 Å². The van der Waals surface area contributed by atoms with Crippen molar-refractivity contribution in [2.75, 3.05) is 17.6 Å². The van der Waals surface area contributed by atoms with Crippen molar-refractivity contribution >= 4 is 27.5 Å². The van der Waals surface area contributed by atoms with Gasteiger partial charge in [0.25, 0.3) is 15.9 Å². The molecule has 0 aromatic heterocycles. The number of aryl methyl sites for hydroxylation is 1. The van der Waals surface area contributed by atoms with Crippen LogP contribution in [-0.4, -0.2) is 37.4 Å². The van der Waals surface area contributed by atoms with Gasteiger partial charge in [-0.2, -0.15) is 0 Å². The molecule has 0 bridgehead atoms. The summed E-state index contributed by atoms with van der Waals surface area (Å²) in [6.45, 7) is 1.86. The third-order valence-electron chi connectivity index (χ3n) is 3.53. The molecule has 0 saturated heterocycles. The minimum Gasteiger partial charge on any atom is -0.331 e. The van der Waals surface area contributed by atoms with E-state index in [0.717, 1.165) is 0 Å². The molecule has 6 nitrogen and oxygen atoms in total. The normalized spacial score (nSPS) is 18.8. The van der Waals surface area contributed by atoms with Crippen LogP contribution in [0.25, 0.3) is 0 Å². The molecule has 0 aliphatic carbocycles. The van der Waals surface area contributed by atoms with Crippen molar-refractivity contribution in [3.63, 3.8) is 0 Å². The second-order valence-corrected chi connectivity index (χ2v) is 6.99. The van der Waals surface area contributed by atoms with Gasteiger partial charge in [0.1, 0.15) is 5.82 Å². The molecule has 2 aliphatic heterocycles. The number of sulfonamides is 1. The molecule has 0 atom stereocenters. The fourth-order valence-electron chi connectivity index (χ4n) is 2.26. The largest absolute Gasteiger partial charge is 0.331 e. The van der Waals surface area contributed by atoms with Crippen molar-refractivity contribution in [2.24, 2.45) is 4.40 Å². The maximum Gasteiger partial charge on any atom is 0.259 e. The molecule has 0 radical (unpaired) electrons. The Morgan fingerprint density at radius 1 is 1.39 bits per heavy atom. The minimum absolute atomic E-state index is 0.0869. The molecule has 2 heterocycles. The molecular formula is C15H14FN3O3S. The SMILES string of the molecule is Cc1ccc(NC(=O)C2=CC=CN3CCS(=O)(=O)N=C23)cc1F. The number of halogens is 1. The van der Waals surface area contributed by atoms with E-state index in [1.54, 1.807) is 36.2 Å². The van der Waals surface area contributed by atoms with Gasteiger partial charge in [0, 0.05) is 18.4 Å². The van der Waals surface area contributed by atoms with Crippen molar-refractivity contribution in [1.82, 2.24) is 4.90 Å². The number of benzene rings is 1. The molecule has 0 saturated carbocycles. The first-order valence-electron chi connectivity index (χ1n) is 6.91. The molecule has 8 heteroatoms. The second-order valence-electron chi connectivity index (χ2n) is 5.23. The highest BCUT2D eigenvalue weighted by atomic mass is 32.2. The molecule has 0 fully saturated rings. The summed E-state index contributed by atoms with van der Waals surface area (Å²) in [6.07, 6.45) is 4.79. The van der Waals surface area contributed by atoms with E-state index in [1.165, 1.54) is 12.1 Å². The van der Waals surface area contributed by atoms with Crippen LogP contribution in [0.4, 0.5) is 10.1 Å².